The molecule has 1 aliphatic heterocycles. The fraction of sp³-hybridized carbons (Fsp3) is 0.462. The van der Waals surface area contributed by atoms with Gasteiger partial charge < -0.3 is 11.1 Å². The number of nitrogen functional groups attached to an aromatic ring is 1. The summed E-state index contributed by atoms with van der Waals surface area (Å²) in [6, 6.07) is 1.66. The number of amides is 1. The van der Waals surface area contributed by atoms with E-state index in [1.807, 2.05) is 0 Å². The molecule has 0 radical (unpaired) electrons. The zero-order chi connectivity index (χ0) is 15.8. The van der Waals surface area contributed by atoms with Gasteiger partial charge in [0.05, 0.1) is 0 Å². The van der Waals surface area contributed by atoms with E-state index in [1.54, 1.807) is 0 Å². The Labute approximate surface area is 123 Å². The van der Waals surface area contributed by atoms with Gasteiger partial charge in [0.2, 0.25) is 15.9 Å². The molecule has 3 N–H and O–H groups in total. The predicted octanol–water partition coefficient (Wildman–Crippen LogP) is 0.615. The highest BCUT2D eigenvalue weighted by molar-refractivity contribution is 7.89. The third-order valence-corrected chi connectivity index (χ3v) is 5.49. The molecule has 1 saturated heterocycles. The van der Waals surface area contributed by atoms with Gasteiger partial charge in [0.25, 0.3) is 0 Å². The van der Waals surface area contributed by atoms with Gasteiger partial charge in [-0.1, -0.05) is 0 Å². The van der Waals surface area contributed by atoms with Crippen molar-refractivity contribution in [2.75, 3.05) is 19.3 Å². The fourth-order valence-electron chi connectivity index (χ4n) is 2.53. The predicted molar refractivity (Wildman–Crippen MR) is 76.5 cm³/mol. The minimum absolute atomic E-state index is 0.157. The van der Waals surface area contributed by atoms with Gasteiger partial charge in [0.15, 0.2) is 0 Å². The van der Waals surface area contributed by atoms with E-state index in [1.165, 1.54) is 20.0 Å². The van der Waals surface area contributed by atoms with Gasteiger partial charge in [-0.25, -0.2) is 12.8 Å². The Morgan fingerprint density at radius 1 is 1.48 bits per heavy atom. The van der Waals surface area contributed by atoms with Crippen molar-refractivity contribution in [3.8, 4) is 0 Å². The molecule has 1 unspecified atom stereocenters. The van der Waals surface area contributed by atoms with Crippen LogP contribution in [0.5, 0.6) is 0 Å². The summed E-state index contributed by atoms with van der Waals surface area (Å²) in [5.41, 5.74) is 5.94. The lowest BCUT2D eigenvalue weighted by molar-refractivity contribution is -0.123. The van der Waals surface area contributed by atoms with Crippen LogP contribution in [0.25, 0.3) is 0 Å². The van der Waals surface area contributed by atoms with Gasteiger partial charge in [-0.3, -0.25) is 4.79 Å². The minimum atomic E-state index is -4.10. The Morgan fingerprint density at radius 3 is 2.76 bits per heavy atom. The number of likely N-dealkylation sites (N-methyl/N-ethyl adjacent to an activating group) is 1. The topological polar surface area (TPSA) is 92.5 Å². The highest BCUT2D eigenvalue weighted by Gasteiger charge is 2.40. The average Bonchev–Trinajstić information content (AvgIpc) is 2.91. The van der Waals surface area contributed by atoms with E-state index in [2.05, 4.69) is 5.32 Å². The van der Waals surface area contributed by atoms with Crippen LogP contribution in [0.2, 0.25) is 0 Å². The molecule has 0 spiro atoms. The second-order valence-electron chi connectivity index (χ2n) is 5.04. The first-order chi connectivity index (χ1) is 9.78. The number of halogens is 1. The van der Waals surface area contributed by atoms with E-state index in [4.69, 9.17) is 5.73 Å². The van der Waals surface area contributed by atoms with Crippen LogP contribution in [-0.2, 0) is 14.8 Å². The van der Waals surface area contributed by atoms with Crippen molar-refractivity contribution < 1.29 is 17.6 Å². The SMILES string of the molecule is CNC(=O)C1CCCN1S(=O)(=O)c1cc(N)cc(C)c1F. The summed E-state index contributed by atoms with van der Waals surface area (Å²) < 4.78 is 40.5. The van der Waals surface area contributed by atoms with Gasteiger partial charge in [-0.15, -0.1) is 0 Å². The Morgan fingerprint density at radius 2 is 2.14 bits per heavy atom. The molecule has 2 rings (SSSR count). The van der Waals surface area contributed by atoms with Crippen LogP contribution >= 0.6 is 0 Å². The lowest BCUT2D eigenvalue weighted by atomic mass is 10.2. The number of nitrogens with zero attached hydrogens (tertiary/aromatic N) is 1. The molecule has 0 aliphatic carbocycles. The molecule has 1 heterocycles. The Kier molecular flexibility index (Phi) is 4.20. The summed E-state index contributed by atoms with van der Waals surface area (Å²) in [5.74, 6) is -1.22. The Balaban J connectivity index is 2.50. The number of carbonyl (C=O) groups is 1. The second kappa shape index (κ2) is 5.61. The number of nitrogens with two attached hydrogens (primary N) is 1. The average molecular weight is 315 g/mol. The zero-order valence-electron chi connectivity index (χ0n) is 11.9. The second-order valence-corrected chi connectivity index (χ2v) is 6.90. The highest BCUT2D eigenvalue weighted by Crippen LogP contribution is 2.30. The molecule has 1 fully saturated rings. The first-order valence-corrected chi connectivity index (χ1v) is 8.02. The standard InChI is InChI=1S/C13H18FN3O3S/c1-8-6-9(15)7-11(12(8)14)21(19,20)17-5-3-4-10(17)13(18)16-2/h6-7,10H,3-5,15H2,1-2H3,(H,16,18). The molecule has 1 aromatic carbocycles. The molecule has 0 aromatic heterocycles. The smallest absolute Gasteiger partial charge is 0.246 e. The molecule has 116 valence electrons. The normalized spacial score (nSPS) is 19.7. The number of aryl methyl sites for hydroxylation is 1. The van der Waals surface area contributed by atoms with Crippen molar-refractivity contribution in [2.45, 2.75) is 30.7 Å². The number of rotatable bonds is 3. The molecular formula is C13H18FN3O3S. The molecule has 1 amide bonds. The van der Waals surface area contributed by atoms with Gasteiger partial charge in [0.1, 0.15) is 16.8 Å². The molecule has 0 bridgehead atoms. The lowest BCUT2D eigenvalue weighted by Gasteiger charge is -2.23. The number of hydrogen-bond acceptors (Lipinski definition) is 4. The maximum absolute atomic E-state index is 14.2. The summed E-state index contributed by atoms with van der Waals surface area (Å²) in [6.07, 6.45) is 0.974. The van der Waals surface area contributed by atoms with E-state index in [9.17, 15) is 17.6 Å². The number of benzene rings is 1. The molecule has 0 saturated carbocycles. The van der Waals surface area contributed by atoms with E-state index >= 15 is 0 Å². The third kappa shape index (κ3) is 2.73. The van der Waals surface area contributed by atoms with Crippen molar-refractivity contribution >= 4 is 21.6 Å². The van der Waals surface area contributed by atoms with Gasteiger partial charge in [-0.2, -0.15) is 4.31 Å². The largest absolute Gasteiger partial charge is 0.399 e. The van der Waals surface area contributed by atoms with Crippen LogP contribution in [0.15, 0.2) is 17.0 Å². The first-order valence-electron chi connectivity index (χ1n) is 6.58. The van der Waals surface area contributed by atoms with Gasteiger partial charge in [-0.05, 0) is 37.5 Å². The number of nitrogens with one attached hydrogen (secondary N) is 1. The van der Waals surface area contributed by atoms with Crippen molar-refractivity contribution in [2.24, 2.45) is 0 Å². The van der Waals surface area contributed by atoms with Crippen LogP contribution in [-0.4, -0.2) is 38.3 Å². The Hall–Kier alpha value is -1.67. The quantitative estimate of drug-likeness (QED) is 0.800. The molecular weight excluding hydrogens is 297 g/mol. The van der Waals surface area contributed by atoms with Crippen molar-refractivity contribution in [1.29, 1.82) is 0 Å². The number of sulfonamides is 1. The van der Waals surface area contributed by atoms with Gasteiger partial charge >= 0.3 is 0 Å². The third-order valence-electron chi connectivity index (χ3n) is 3.58. The number of hydrogen-bond donors (Lipinski definition) is 2. The van der Waals surface area contributed by atoms with E-state index < -0.39 is 32.7 Å². The molecule has 1 aliphatic rings. The summed E-state index contributed by atoms with van der Waals surface area (Å²) >= 11 is 0. The van der Waals surface area contributed by atoms with E-state index in [0.717, 1.165) is 10.4 Å². The zero-order valence-corrected chi connectivity index (χ0v) is 12.7. The fourth-order valence-corrected chi connectivity index (χ4v) is 4.37. The monoisotopic (exact) mass is 315 g/mol. The number of anilines is 1. The molecule has 1 atom stereocenters. The molecule has 21 heavy (non-hydrogen) atoms. The Bertz CT molecular complexity index is 675. The maximum atomic E-state index is 14.2. The molecule has 1 aromatic rings. The first kappa shape index (κ1) is 15.7. The van der Waals surface area contributed by atoms with E-state index in [0.29, 0.717) is 12.8 Å². The van der Waals surface area contributed by atoms with Crippen molar-refractivity contribution in [3.05, 3.63) is 23.5 Å². The van der Waals surface area contributed by atoms with Crippen LogP contribution in [0.4, 0.5) is 10.1 Å². The lowest BCUT2D eigenvalue weighted by Crippen LogP contribution is -2.45. The summed E-state index contributed by atoms with van der Waals surface area (Å²) in [7, 11) is -2.66. The van der Waals surface area contributed by atoms with Crippen molar-refractivity contribution in [3.63, 3.8) is 0 Å². The molecule has 8 heteroatoms. The summed E-state index contributed by atoms with van der Waals surface area (Å²) in [4.78, 5) is 11.3. The van der Waals surface area contributed by atoms with Crippen LogP contribution in [0.3, 0.4) is 0 Å². The molecule has 6 nitrogen and oxygen atoms in total. The van der Waals surface area contributed by atoms with Crippen molar-refractivity contribution in [1.82, 2.24) is 9.62 Å². The minimum Gasteiger partial charge on any atom is -0.399 e. The van der Waals surface area contributed by atoms with Crippen LogP contribution in [0.1, 0.15) is 18.4 Å². The maximum Gasteiger partial charge on any atom is 0.246 e. The van der Waals surface area contributed by atoms with Crippen LogP contribution in [0, 0.1) is 12.7 Å². The van der Waals surface area contributed by atoms with Gasteiger partial charge in [0, 0.05) is 19.3 Å². The summed E-state index contributed by atoms with van der Waals surface area (Å²) in [5, 5.41) is 2.43. The van der Waals surface area contributed by atoms with Crippen LogP contribution < -0.4 is 11.1 Å². The van der Waals surface area contributed by atoms with E-state index in [-0.39, 0.29) is 17.8 Å². The summed E-state index contributed by atoms with van der Waals surface area (Å²) in [6.45, 7) is 1.64. The number of carbonyl (C=O) groups excluding carboxylic acids is 1. The highest BCUT2D eigenvalue weighted by atomic mass is 32.2.